The van der Waals surface area contributed by atoms with E-state index in [9.17, 15) is 4.79 Å². The molecule has 2 aromatic heterocycles. The van der Waals surface area contributed by atoms with Gasteiger partial charge in [-0.2, -0.15) is 5.10 Å². The SMILES string of the molecule is CC(C)(C)c1ccc(=O)n(CC2CN(Cc3nc4c(o3)CCC4)C2)n1. The normalized spacial score (nSPS) is 18.4. The molecule has 0 atom stereocenters. The number of fused-ring (bicyclic) bond motifs is 1. The molecule has 0 saturated carbocycles. The van der Waals surface area contributed by atoms with Crippen molar-refractivity contribution in [2.45, 2.75) is 58.5 Å². The van der Waals surface area contributed by atoms with Crippen LogP contribution in [0.25, 0.3) is 0 Å². The van der Waals surface area contributed by atoms with Crippen LogP contribution in [0.2, 0.25) is 0 Å². The zero-order chi connectivity index (χ0) is 17.6. The van der Waals surface area contributed by atoms with Crippen molar-refractivity contribution in [3.8, 4) is 0 Å². The van der Waals surface area contributed by atoms with Gasteiger partial charge in [0.15, 0.2) is 0 Å². The number of oxazole rings is 1. The fourth-order valence-corrected chi connectivity index (χ4v) is 3.65. The van der Waals surface area contributed by atoms with Crippen molar-refractivity contribution in [1.29, 1.82) is 0 Å². The summed E-state index contributed by atoms with van der Waals surface area (Å²) in [5.74, 6) is 2.39. The Morgan fingerprint density at radius 3 is 2.76 bits per heavy atom. The van der Waals surface area contributed by atoms with E-state index in [2.05, 4.69) is 35.8 Å². The minimum absolute atomic E-state index is 0.0180. The third-order valence-electron chi connectivity index (χ3n) is 5.10. The minimum atomic E-state index is -0.0492. The molecule has 25 heavy (non-hydrogen) atoms. The van der Waals surface area contributed by atoms with E-state index in [1.165, 1.54) is 6.42 Å². The lowest BCUT2D eigenvalue weighted by Crippen LogP contribution is -2.49. The standard InChI is InChI=1S/C19H26N4O2/c1-19(2,3)16-7-8-18(24)23(21-16)11-13-9-22(10-13)12-17-20-14-5-4-6-15(14)25-17/h7-8,13H,4-6,9-12H2,1-3H3. The molecule has 6 nitrogen and oxygen atoms in total. The van der Waals surface area contributed by atoms with Crippen molar-refractivity contribution in [3.05, 3.63) is 45.5 Å². The van der Waals surface area contributed by atoms with Crippen molar-refractivity contribution >= 4 is 0 Å². The van der Waals surface area contributed by atoms with Crippen LogP contribution in [0.15, 0.2) is 21.3 Å². The lowest BCUT2D eigenvalue weighted by molar-refractivity contribution is 0.0673. The first-order chi connectivity index (χ1) is 11.9. The highest BCUT2D eigenvalue weighted by molar-refractivity contribution is 5.15. The molecule has 0 spiro atoms. The minimum Gasteiger partial charge on any atom is -0.444 e. The van der Waals surface area contributed by atoms with Gasteiger partial charge in [-0.05, 0) is 18.9 Å². The Labute approximate surface area is 147 Å². The van der Waals surface area contributed by atoms with Gasteiger partial charge in [-0.3, -0.25) is 9.69 Å². The molecular weight excluding hydrogens is 316 g/mol. The first-order valence-corrected chi connectivity index (χ1v) is 9.17. The second kappa shape index (κ2) is 6.09. The molecule has 6 heteroatoms. The van der Waals surface area contributed by atoms with Crippen LogP contribution in [-0.4, -0.2) is 32.8 Å². The van der Waals surface area contributed by atoms with E-state index < -0.39 is 0 Å². The van der Waals surface area contributed by atoms with Gasteiger partial charge in [0.25, 0.3) is 5.56 Å². The van der Waals surface area contributed by atoms with Crippen molar-refractivity contribution < 1.29 is 4.42 Å². The molecule has 4 rings (SSSR count). The fraction of sp³-hybridized carbons (Fsp3) is 0.632. The number of likely N-dealkylation sites (tertiary alicyclic amines) is 1. The van der Waals surface area contributed by atoms with Gasteiger partial charge >= 0.3 is 0 Å². The van der Waals surface area contributed by atoms with Crippen LogP contribution in [0, 0.1) is 5.92 Å². The van der Waals surface area contributed by atoms with Gasteiger partial charge in [0, 0.05) is 36.9 Å². The number of rotatable bonds is 4. The summed E-state index contributed by atoms with van der Waals surface area (Å²) < 4.78 is 7.47. The molecule has 2 aliphatic rings. The molecule has 2 aromatic rings. The Balaban J connectivity index is 1.34. The third-order valence-corrected chi connectivity index (χ3v) is 5.10. The lowest BCUT2D eigenvalue weighted by Gasteiger charge is -2.38. The predicted octanol–water partition coefficient (Wildman–Crippen LogP) is 2.15. The topological polar surface area (TPSA) is 64.2 Å². The van der Waals surface area contributed by atoms with Crippen LogP contribution in [0.5, 0.6) is 0 Å². The van der Waals surface area contributed by atoms with E-state index in [1.807, 2.05) is 6.07 Å². The van der Waals surface area contributed by atoms with E-state index in [-0.39, 0.29) is 11.0 Å². The summed E-state index contributed by atoms with van der Waals surface area (Å²) in [5, 5.41) is 4.56. The first-order valence-electron chi connectivity index (χ1n) is 9.17. The molecule has 0 aromatic carbocycles. The maximum atomic E-state index is 12.1. The lowest BCUT2D eigenvalue weighted by atomic mass is 9.92. The molecule has 0 bridgehead atoms. The van der Waals surface area contributed by atoms with Crippen LogP contribution in [0.4, 0.5) is 0 Å². The molecule has 1 aliphatic heterocycles. The summed E-state index contributed by atoms with van der Waals surface area (Å²) in [7, 11) is 0. The van der Waals surface area contributed by atoms with Gasteiger partial charge in [-0.25, -0.2) is 9.67 Å². The van der Waals surface area contributed by atoms with Gasteiger partial charge in [0.1, 0.15) is 5.76 Å². The molecule has 1 saturated heterocycles. The van der Waals surface area contributed by atoms with Gasteiger partial charge in [-0.1, -0.05) is 20.8 Å². The summed E-state index contributed by atoms with van der Waals surface area (Å²) in [6.45, 7) is 9.71. The Hall–Kier alpha value is -1.95. The molecule has 0 amide bonds. The Bertz CT molecular complexity index is 803. The smallest absolute Gasteiger partial charge is 0.266 e. The zero-order valence-corrected chi connectivity index (χ0v) is 15.3. The van der Waals surface area contributed by atoms with Gasteiger partial charge < -0.3 is 4.42 Å². The van der Waals surface area contributed by atoms with Crippen molar-refractivity contribution in [1.82, 2.24) is 19.7 Å². The monoisotopic (exact) mass is 342 g/mol. The summed E-state index contributed by atoms with van der Waals surface area (Å²) in [4.78, 5) is 19.0. The Morgan fingerprint density at radius 2 is 2.04 bits per heavy atom. The van der Waals surface area contributed by atoms with E-state index in [0.717, 1.165) is 55.5 Å². The summed E-state index contributed by atoms with van der Waals surface area (Å²) in [5.41, 5.74) is 2.04. The summed E-state index contributed by atoms with van der Waals surface area (Å²) in [6.07, 6.45) is 3.26. The highest BCUT2D eigenvalue weighted by Crippen LogP contribution is 2.25. The highest BCUT2D eigenvalue weighted by atomic mass is 16.4. The number of aromatic nitrogens is 3. The molecule has 0 radical (unpaired) electrons. The summed E-state index contributed by atoms with van der Waals surface area (Å²) >= 11 is 0. The van der Waals surface area contributed by atoms with Crippen molar-refractivity contribution in [2.75, 3.05) is 13.1 Å². The molecule has 1 aliphatic carbocycles. The van der Waals surface area contributed by atoms with E-state index in [1.54, 1.807) is 10.7 Å². The number of nitrogens with zero attached hydrogens (tertiary/aromatic N) is 4. The van der Waals surface area contributed by atoms with Crippen molar-refractivity contribution in [2.24, 2.45) is 5.92 Å². The predicted molar refractivity (Wildman–Crippen MR) is 94.5 cm³/mol. The fourth-order valence-electron chi connectivity index (χ4n) is 3.65. The molecule has 134 valence electrons. The second-order valence-electron chi connectivity index (χ2n) is 8.38. The number of hydrogen-bond donors (Lipinski definition) is 0. The number of aryl methyl sites for hydroxylation is 2. The Morgan fingerprint density at radius 1 is 1.24 bits per heavy atom. The average molecular weight is 342 g/mol. The van der Waals surface area contributed by atoms with Crippen LogP contribution < -0.4 is 5.56 Å². The van der Waals surface area contributed by atoms with E-state index in [4.69, 9.17) is 4.42 Å². The van der Waals surface area contributed by atoms with E-state index >= 15 is 0 Å². The Kier molecular flexibility index (Phi) is 4.02. The third kappa shape index (κ3) is 3.40. The quantitative estimate of drug-likeness (QED) is 0.852. The van der Waals surface area contributed by atoms with Crippen LogP contribution in [0.1, 0.15) is 50.2 Å². The second-order valence-corrected chi connectivity index (χ2v) is 8.38. The molecule has 0 N–H and O–H groups in total. The molecule has 0 unspecified atom stereocenters. The average Bonchev–Trinajstić information content (AvgIpc) is 3.06. The highest BCUT2D eigenvalue weighted by Gasteiger charge is 2.30. The van der Waals surface area contributed by atoms with Crippen LogP contribution in [0.3, 0.4) is 0 Å². The van der Waals surface area contributed by atoms with Gasteiger partial charge in [-0.15, -0.1) is 0 Å². The first kappa shape index (κ1) is 16.5. The van der Waals surface area contributed by atoms with Gasteiger partial charge in [0.05, 0.1) is 24.5 Å². The largest absolute Gasteiger partial charge is 0.444 e. The molecule has 1 fully saturated rings. The van der Waals surface area contributed by atoms with Crippen molar-refractivity contribution in [3.63, 3.8) is 0 Å². The van der Waals surface area contributed by atoms with Crippen LogP contribution >= 0.6 is 0 Å². The molecule has 3 heterocycles. The molecular formula is C19H26N4O2. The van der Waals surface area contributed by atoms with Crippen LogP contribution in [-0.2, 0) is 31.3 Å². The van der Waals surface area contributed by atoms with E-state index in [0.29, 0.717) is 12.5 Å². The van der Waals surface area contributed by atoms with Gasteiger partial charge in [0.2, 0.25) is 5.89 Å². The maximum Gasteiger partial charge on any atom is 0.266 e. The maximum absolute atomic E-state index is 12.1. The summed E-state index contributed by atoms with van der Waals surface area (Å²) in [6, 6.07) is 3.48. The zero-order valence-electron chi connectivity index (χ0n) is 15.3. The number of hydrogen-bond acceptors (Lipinski definition) is 5.